The van der Waals surface area contributed by atoms with Crippen LogP contribution in [0.1, 0.15) is 27.1 Å². The minimum atomic E-state index is -0.843. The van der Waals surface area contributed by atoms with Crippen LogP contribution in [-0.2, 0) is 11.3 Å². The zero-order chi connectivity index (χ0) is 20.4. The number of hydrogen-bond donors (Lipinski definition) is 1. The number of carbonyl (C=O) groups is 2. The molecule has 0 radical (unpaired) electrons. The lowest BCUT2D eigenvalue weighted by Gasteiger charge is -2.23. The van der Waals surface area contributed by atoms with Crippen LogP contribution in [0.5, 0.6) is 0 Å². The van der Waals surface area contributed by atoms with Crippen LogP contribution in [0.15, 0.2) is 65.3 Å². The Morgan fingerprint density at radius 1 is 1.17 bits per heavy atom. The molecule has 1 N–H and O–H groups in total. The topological polar surface area (TPSA) is 62.6 Å². The molecule has 0 bridgehead atoms. The average molecular weight is 414 g/mol. The first-order valence-electron chi connectivity index (χ1n) is 8.81. The van der Waals surface area contributed by atoms with Gasteiger partial charge in [-0.1, -0.05) is 12.1 Å². The molecule has 1 atom stereocenters. The molecule has 4 rings (SSSR count). The van der Waals surface area contributed by atoms with Gasteiger partial charge in [0, 0.05) is 11.6 Å². The number of hydrogen-bond acceptors (Lipinski definition) is 4. The molecule has 0 saturated carbocycles. The molecular formula is C21H16F2N2O3S. The van der Waals surface area contributed by atoms with Gasteiger partial charge in [-0.15, -0.1) is 11.8 Å². The van der Waals surface area contributed by atoms with Crippen molar-refractivity contribution in [3.63, 3.8) is 0 Å². The van der Waals surface area contributed by atoms with Gasteiger partial charge in [-0.2, -0.15) is 0 Å². The van der Waals surface area contributed by atoms with Crippen molar-refractivity contribution in [3.8, 4) is 0 Å². The van der Waals surface area contributed by atoms with E-state index in [1.165, 1.54) is 17.8 Å². The predicted molar refractivity (Wildman–Crippen MR) is 105 cm³/mol. The second kappa shape index (κ2) is 8.08. The quantitative estimate of drug-likeness (QED) is 0.664. The molecule has 8 heteroatoms. The van der Waals surface area contributed by atoms with E-state index in [4.69, 9.17) is 4.42 Å². The van der Waals surface area contributed by atoms with E-state index in [0.717, 1.165) is 11.6 Å². The lowest BCUT2D eigenvalue weighted by Crippen LogP contribution is -2.27. The van der Waals surface area contributed by atoms with Crippen molar-refractivity contribution in [2.75, 3.05) is 11.1 Å². The van der Waals surface area contributed by atoms with Gasteiger partial charge in [-0.05, 0) is 42.0 Å². The summed E-state index contributed by atoms with van der Waals surface area (Å²) < 4.78 is 32.1. The summed E-state index contributed by atoms with van der Waals surface area (Å²) in [5, 5.41) is 2.24. The maximum Gasteiger partial charge on any atom is 0.255 e. The average Bonchev–Trinajstić information content (AvgIpc) is 3.35. The van der Waals surface area contributed by atoms with Crippen LogP contribution in [0.3, 0.4) is 0 Å². The number of anilines is 1. The van der Waals surface area contributed by atoms with Crippen molar-refractivity contribution >= 4 is 29.3 Å². The molecule has 0 unspecified atom stereocenters. The Kier molecular flexibility index (Phi) is 5.35. The van der Waals surface area contributed by atoms with E-state index in [0.29, 0.717) is 29.7 Å². The van der Waals surface area contributed by atoms with E-state index in [9.17, 15) is 18.4 Å². The molecule has 148 valence electrons. The van der Waals surface area contributed by atoms with Gasteiger partial charge in [0.15, 0.2) is 0 Å². The van der Waals surface area contributed by atoms with Crippen LogP contribution in [0.2, 0.25) is 0 Å². The molecule has 2 aromatic carbocycles. The van der Waals surface area contributed by atoms with E-state index in [2.05, 4.69) is 5.32 Å². The molecule has 5 nitrogen and oxygen atoms in total. The highest BCUT2D eigenvalue weighted by molar-refractivity contribution is 8.00. The number of nitrogens with zero attached hydrogens (tertiary/aromatic N) is 1. The van der Waals surface area contributed by atoms with Crippen LogP contribution in [0.4, 0.5) is 14.5 Å². The van der Waals surface area contributed by atoms with Crippen LogP contribution >= 0.6 is 11.8 Å². The molecule has 1 aliphatic rings. The Balaban J connectivity index is 1.48. The van der Waals surface area contributed by atoms with Gasteiger partial charge in [0.1, 0.15) is 22.8 Å². The molecule has 1 aliphatic heterocycles. The standard InChI is InChI=1S/C21H16F2N2O3S/c22-15-7-8-18(17(23)10-15)24-20(27)13-3-5-14(6-4-13)21-25(19(26)12-29-21)11-16-2-1-9-28-16/h1-10,21H,11-12H2,(H,24,27)/t21-/m1/s1. The van der Waals surface area contributed by atoms with Gasteiger partial charge in [-0.3, -0.25) is 9.59 Å². The SMILES string of the molecule is O=C(Nc1ccc(F)cc1F)c1ccc([C@H]2SCC(=O)N2Cc2ccco2)cc1. The Bertz CT molecular complexity index is 1040. The Hall–Kier alpha value is -3.13. The molecule has 2 heterocycles. The number of rotatable bonds is 5. The van der Waals surface area contributed by atoms with Crippen LogP contribution in [0.25, 0.3) is 0 Å². The summed E-state index contributed by atoms with van der Waals surface area (Å²) in [6.07, 6.45) is 1.56. The second-order valence-corrected chi connectivity index (χ2v) is 7.53. The van der Waals surface area contributed by atoms with Crippen LogP contribution in [-0.4, -0.2) is 22.5 Å². The minimum absolute atomic E-state index is 0.0185. The molecule has 2 amide bonds. The Morgan fingerprint density at radius 3 is 2.66 bits per heavy atom. The lowest BCUT2D eigenvalue weighted by molar-refractivity contribution is -0.128. The van der Waals surface area contributed by atoms with Crippen LogP contribution in [0, 0.1) is 11.6 Å². The number of amides is 2. The summed E-state index contributed by atoms with van der Waals surface area (Å²) in [7, 11) is 0. The fourth-order valence-corrected chi connectivity index (χ4v) is 4.24. The number of benzene rings is 2. The second-order valence-electron chi connectivity index (χ2n) is 6.46. The first-order valence-corrected chi connectivity index (χ1v) is 9.86. The van der Waals surface area contributed by atoms with Crippen molar-refractivity contribution in [2.24, 2.45) is 0 Å². The van der Waals surface area contributed by atoms with E-state index in [1.807, 2.05) is 6.07 Å². The van der Waals surface area contributed by atoms with E-state index in [1.54, 1.807) is 41.5 Å². The van der Waals surface area contributed by atoms with E-state index < -0.39 is 17.5 Å². The third kappa shape index (κ3) is 4.17. The molecule has 29 heavy (non-hydrogen) atoms. The zero-order valence-corrected chi connectivity index (χ0v) is 15.9. The smallest absolute Gasteiger partial charge is 0.255 e. The van der Waals surface area contributed by atoms with Crippen molar-refractivity contribution in [1.82, 2.24) is 4.90 Å². The summed E-state index contributed by atoms with van der Waals surface area (Å²) in [5.41, 5.74) is 1.10. The van der Waals surface area contributed by atoms with Crippen molar-refractivity contribution < 1.29 is 22.8 Å². The number of nitrogens with one attached hydrogen (secondary N) is 1. The van der Waals surface area contributed by atoms with Gasteiger partial charge in [0.2, 0.25) is 5.91 Å². The largest absolute Gasteiger partial charge is 0.467 e. The van der Waals surface area contributed by atoms with E-state index in [-0.39, 0.29) is 17.0 Å². The van der Waals surface area contributed by atoms with Crippen molar-refractivity contribution in [3.05, 3.63) is 89.4 Å². The molecule has 0 aliphatic carbocycles. The lowest BCUT2D eigenvalue weighted by atomic mass is 10.1. The fraction of sp³-hybridized carbons (Fsp3) is 0.143. The summed E-state index contributed by atoms with van der Waals surface area (Å²) in [4.78, 5) is 26.3. The van der Waals surface area contributed by atoms with Crippen molar-refractivity contribution in [1.29, 1.82) is 0 Å². The first kappa shape index (κ1) is 19.2. The predicted octanol–water partition coefficient (Wildman–Crippen LogP) is 4.58. The summed E-state index contributed by atoms with van der Waals surface area (Å²) >= 11 is 1.50. The van der Waals surface area contributed by atoms with Crippen molar-refractivity contribution in [2.45, 2.75) is 11.9 Å². The third-order valence-corrected chi connectivity index (χ3v) is 5.77. The summed E-state index contributed by atoms with van der Waals surface area (Å²) in [6, 6.07) is 13.3. The molecular weight excluding hydrogens is 398 g/mol. The van der Waals surface area contributed by atoms with Gasteiger partial charge in [0.25, 0.3) is 5.91 Å². The highest BCUT2D eigenvalue weighted by Gasteiger charge is 2.33. The van der Waals surface area contributed by atoms with Gasteiger partial charge in [-0.25, -0.2) is 8.78 Å². The summed E-state index contributed by atoms with van der Waals surface area (Å²) in [5.74, 6) is -0.980. The number of carbonyl (C=O) groups excluding carboxylic acids is 2. The molecule has 1 saturated heterocycles. The Morgan fingerprint density at radius 2 is 1.97 bits per heavy atom. The molecule has 3 aromatic rings. The van der Waals surface area contributed by atoms with Gasteiger partial charge < -0.3 is 14.6 Å². The highest BCUT2D eigenvalue weighted by Crippen LogP contribution is 2.39. The van der Waals surface area contributed by atoms with Gasteiger partial charge >= 0.3 is 0 Å². The maximum absolute atomic E-state index is 13.7. The Labute approximate surface area is 169 Å². The monoisotopic (exact) mass is 414 g/mol. The fourth-order valence-electron chi connectivity index (χ4n) is 3.06. The highest BCUT2D eigenvalue weighted by atomic mass is 32.2. The normalized spacial score (nSPS) is 16.3. The zero-order valence-electron chi connectivity index (χ0n) is 15.1. The van der Waals surface area contributed by atoms with Crippen LogP contribution < -0.4 is 5.32 Å². The van der Waals surface area contributed by atoms with E-state index >= 15 is 0 Å². The number of halogens is 2. The maximum atomic E-state index is 13.7. The minimum Gasteiger partial charge on any atom is -0.467 e. The number of thioether (sulfide) groups is 1. The molecule has 1 fully saturated rings. The number of furan rings is 1. The molecule has 1 aromatic heterocycles. The summed E-state index contributed by atoms with van der Waals surface area (Å²) in [6.45, 7) is 0.371. The first-order chi connectivity index (χ1) is 14.0. The molecule has 0 spiro atoms. The third-order valence-electron chi connectivity index (χ3n) is 4.51. The van der Waals surface area contributed by atoms with Gasteiger partial charge in [0.05, 0.1) is 24.2 Å².